The lowest BCUT2D eigenvalue weighted by atomic mass is 9.76. The molecule has 25 heavy (non-hydrogen) atoms. The summed E-state index contributed by atoms with van der Waals surface area (Å²) in [6.45, 7) is 10.1. The average Bonchev–Trinajstić information content (AvgIpc) is 2.94. The summed E-state index contributed by atoms with van der Waals surface area (Å²) in [5, 5.41) is 0. The Labute approximate surface area is 151 Å². The van der Waals surface area contributed by atoms with Gasteiger partial charge in [-0.25, -0.2) is 0 Å². The van der Waals surface area contributed by atoms with Crippen LogP contribution < -0.4 is 0 Å². The van der Waals surface area contributed by atoms with Crippen molar-refractivity contribution in [2.24, 2.45) is 5.41 Å². The molecule has 0 aliphatic carbocycles. The van der Waals surface area contributed by atoms with Gasteiger partial charge >= 0.3 is 0 Å². The van der Waals surface area contributed by atoms with Crippen LogP contribution in [0.25, 0.3) is 0 Å². The maximum absolute atomic E-state index is 12.8. The number of amides is 1. The number of carbonyl (C=O) groups is 1. The SMILES string of the molecule is COC[C@H]1CC2(CCN(C(=O)c3cncc(C)c3)CC2)CN1C(C)C. The predicted octanol–water partition coefficient (Wildman–Crippen LogP) is 2.74. The number of piperidine rings is 1. The molecule has 0 unspecified atom stereocenters. The standard InChI is InChI=1S/C20H31N3O2/c1-15(2)23-14-20(10-18(23)13-25-4)5-7-22(8-6-20)19(24)17-9-16(3)11-21-12-17/h9,11-12,15,18H,5-8,10,13-14H2,1-4H3/t18-/m1/s1. The van der Waals surface area contributed by atoms with Crippen molar-refractivity contribution < 1.29 is 9.53 Å². The van der Waals surface area contributed by atoms with E-state index in [4.69, 9.17) is 4.74 Å². The van der Waals surface area contributed by atoms with Gasteiger partial charge < -0.3 is 9.64 Å². The van der Waals surface area contributed by atoms with Gasteiger partial charge in [0.05, 0.1) is 12.2 Å². The minimum atomic E-state index is 0.123. The number of aromatic nitrogens is 1. The lowest BCUT2D eigenvalue weighted by Crippen LogP contribution is -2.44. The van der Waals surface area contributed by atoms with E-state index in [1.807, 2.05) is 17.9 Å². The smallest absolute Gasteiger partial charge is 0.255 e. The van der Waals surface area contributed by atoms with Crippen molar-refractivity contribution in [1.29, 1.82) is 0 Å². The van der Waals surface area contributed by atoms with Gasteiger partial charge in [-0.1, -0.05) is 0 Å². The Morgan fingerprint density at radius 3 is 2.68 bits per heavy atom. The Morgan fingerprint density at radius 2 is 2.08 bits per heavy atom. The largest absolute Gasteiger partial charge is 0.383 e. The van der Waals surface area contributed by atoms with Crippen LogP contribution in [0.15, 0.2) is 18.5 Å². The molecule has 138 valence electrons. The molecule has 2 saturated heterocycles. The fourth-order valence-electron chi connectivity index (χ4n) is 4.55. The molecule has 0 aromatic carbocycles. The van der Waals surface area contributed by atoms with Crippen molar-refractivity contribution in [2.75, 3.05) is 33.4 Å². The third kappa shape index (κ3) is 3.87. The minimum Gasteiger partial charge on any atom is -0.383 e. The Morgan fingerprint density at radius 1 is 1.36 bits per heavy atom. The molecule has 5 nitrogen and oxygen atoms in total. The number of carbonyl (C=O) groups excluding carboxylic acids is 1. The summed E-state index contributed by atoms with van der Waals surface area (Å²) in [5.74, 6) is 0.123. The van der Waals surface area contributed by atoms with Gasteiger partial charge in [0.1, 0.15) is 0 Å². The quantitative estimate of drug-likeness (QED) is 0.842. The molecule has 2 aliphatic heterocycles. The number of hydrogen-bond donors (Lipinski definition) is 0. The molecule has 2 fully saturated rings. The fourth-order valence-corrected chi connectivity index (χ4v) is 4.55. The van der Waals surface area contributed by atoms with Crippen LogP contribution in [0.3, 0.4) is 0 Å². The summed E-state index contributed by atoms with van der Waals surface area (Å²) in [7, 11) is 1.79. The summed E-state index contributed by atoms with van der Waals surface area (Å²) < 4.78 is 5.46. The summed E-state index contributed by atoms with van der Waals surface area (Å²) in [5.41, 5.74) is 2.09. The first-order valence-corrected chi connectivity index (χ1v) is 9.40. The third-order valence-corrected chi connectivity index (χ3v) is 5.91. The van der Waals surface area contributed by atoms with Gasteiger partial charge in [-0.05, 0) is 57.1 Å². The number of ether oxygens (including phenoxy) is 1. The molecule has 0 radical (unpaired) electrons. The van der Waals surface area contributed by atoms with Gasteiger partial charge in [-0.15, -0.1) is 0 Å². The fraction of sp³-hybridized carbons (Fsp3) is 0.700. The van der Waals surface area contributed by atoms with Gasteiger partial charge in [-0.2, -0.15) is 0 Å². The van der Waals surface area contributed by atoms with Crippen molar-refractivity contribution in [3.63, 3.8) is 0 Å². The average molecular weight is 345 g/mol. The van der Waals surface area contributed by atoms with Crippen LogP contribution >= 0.6 is 0 Å². The lowest BCUT2D eigenvalue weighted by Gasteiger charge is -2.39. The zero-order valence-corrected chi connectivity index (χ0v) is 16.0. The zero-order valence-electron chi connectivity index (χ0n) is 16.0. The van der Waals surface area contributed by atoms with Crippen LogP contribution in [0.2, 0.25) is 0 Å². The van der Waals surface area contributed by atoms with Crippen molar-refractivity contribution in [2.45, 2.75) is 52.1 Å². The van der Waals surface area contributed by atoms with Crippen molar-refractivity contribution in [3.8, 4) is 0 Å². The summed E-state index contributed by atoms with van der Waals surface area (Å²) in [4.78, 5) is 21.5. The molecule has 0 N–H and O–H groups in total. The van der Waals surface area contributed by atoms with E-state index in [9.17, 15) is 4.79 Å². The second-order valence-corrected chi connectivity index (χ2v) is 8.12. The van der Waals surface area contributed by atoms with Gasteiger partial charge in [0, 0.05) is 51.2 Å². The number of likely N-dealkylation sites (tertiary alicyclic amines) is 2. The third-order valence-electron chi connectivity index (χ3n) is 5.91. The highest BCUT2D eigenvalue weighted by Gasteiger charge is 2.46. The highest BCUT2D eigenvalue weighted by atomic mass is 16.5. The maximum atomic E-state index is 12.8. The summed E-state index contributed by atoms with van der Waals surface area (Å²) in [6.07, 6.45) is 6.83. The molecule has 1 aromatic rings. The molecule has 3 rings (SSSR count). The van der Waals surface area contributed by atoms with Crippen LogP contribution in [0.4, 0.5) is 0 Å². The molecule has 2 aliphatic rings. The van der Waals surface area contributed by atoms with Crippen molar-refractivity contribution in [3.05, 3.63) is 29.6 Å². The van der Waals surface area contributed by atoms with Crippen LogP contribution in [0.1, 0.15) is 49.0 Å². The highest BCUT2D eigenvalue weighted by molar-refractivity contribution is 5.94. The monoisotopic (exact) mass is 345 g/mol. The van der Waals surface area contributed by atoms with E-state index >= 15 is 0 Å². The van der Waals surface area contributed by atoms with Gasteiger partial charge in [-0.3, -0.25) is 14.7 Å². The van der Waals surface area contributed by atoms with Gasteiger partial charge in [0.15, 0.2) is 0 Å². The van der Waals surface area contributed by atoms with E-state index in [0.29, 0.717) is 23.1 Å². The van der Waals surface area contributed by atoms with Gasteiger partial charge in [0.2, 0.25) is 0 Å². The Bertz CT molecular complexity index is 609. The Kier molecular flexibility index (Phi) is 5.44. The Hall–Kier alpha value is -1.46. The molecular weight excluding hydrogens is 314 g/mol. The molecule has 1 spiro atoms. The molecule has 1 atom stereocenters. The molecule has 1 amide bonds. The van der Waals surface area contributed by atoms with E-state index in [2.05, 4.69) is 23.7 Å². The number of rotatable bonds is 4. The van der Waals surface area contributed by atoms with Gasteiger partial charge in [0.25, 0.3) is 5.91 Å². The minimum absolute atomic E-state index is 0.123. The number of nitrogens with zero attached hydrogens (tertiary/aromatic N) is 3. The summed E-state index contributed by atoms with van der Waals surface area (Å²) in [6, 6.07) is 2.98. The van der Waals surface area contributed by atoms with Crippen molar-refractivity contribution in [1.82, 2.24) is 14.8 Å². The van der Waals surface area contributed by atoms with Crippen LogP contribution in [0.5, 0.6) is 0 Å². The predicted molar refractivity (Wildman–Crippen MR) is 98.7 cm³/mol. The summed E-state index contributed by atoms with van der Waals surface area (Å²) >= 11 is 0. The first kappa shape index (κ1) is 18.3. The number of hydrogen-bond acceptors (Lipinski definition) is 4. The van der Waals surface area contributed by atoms with Crippen LogP contribution in [-0.2, 0) is 4.74 Å². The highest BCUT2D eigenvalue weighted by Crippen LogP contribution is 2.44. The molecule has 3 heterocycles. The second-order valence-electron chi connectivity index (χ2n) is 8.12. The van der Waals surface area contributed by atoms with Crippen LogP contribution in [0, 0.1) is 12.3 Å². The maximum Gasteiger partial charge on any atom is 0.255 e. The molecule has 1 aromatic heterocycles. The Balaban J connectivity index is 1.64. The van der Waals surface area contributed by atoms with Crippen LogP contribution in [-0.4, -0.2) is 66.1 Å². The van der Waals surface area contributed by atoms with E-state index < -0.39 is 0 Å². The normalized spacial score (nSPS) is 23.6. The number of methoxy groups -OCH3 is 1. The number of aryl methyl sites for hydroxylation is 1. The van der Waals surface area contributed by atoms with E-state index in [-0.39, 0.29) is 5.91 Å². The topological polar surface area (TPSA) is 45.7 Å². The first-order chi connectivity index (χ1) is 11.9. The molecule has 0 saturated carbocycles. The number of pyridine rings is 1. The lowest BCUT2D eigenvalue weighted by molar-refractivity contribution is 0.0581. The van der Waals surface area contributed by atoms with E-state index in [1.54, 1.807) is 19.5 Å². The molecule has 5 heteroatoms. The van der Waals surface area contributed by atoms with E-state index in [1.165, 1.54) is 6.42 Å². The van der Waals surface area contributed by atoms with Crippen molar-refractivity contribution >= 4 is 5.91 Å². The zero-order chi connectivity index (χ0) is 18.0. The molecule has 0 bridgehead atoms. The van der Waals surface area contributed by atoms with E-state index in [0.717, 1.165) is 44.6 Å². The first-order valence-electron chi connectivity index (χ1n) is 9.40. The molecular formula is C20H31N3O2. The second kappa shape index (κ2) is 7.42.